The standard InChI is InChI=1S/C19H20ClNO3/c1-2-21(19(22)11-14-7-9-15(20)10-8-14)12-16-13-23-17-5-3-4-6-18(17)24-16/h3-10,16H,2,11-13H2,1H3. The highest BCUT2D eigenvalue weighted by molar-refractivity contribution is 6.30. The Morgan fingerprint density at radius 2 is 1.88 bits per heavy atom. The summed E-state index contributed by atoms with van der Waals surface area (Å²) in [4.78, 5) is 14.3. The molecule has 0 spiro atoms. The Kier molecular flexibility index (Phi) is 5.26. The normalized spacial score (nSPS) is 15.8. The maximum Gasteiger partial charge on any atom is 0.227 e. The lowest BCUT2D eigenvalue weighted by Crippen LogP contribution is -2.44. The molecule has 0 saturated carbocycles. The van der Waals surface area contributed by atoms with Crippen LogP contribution >= 0.6 is 11.6 Å². The summed E-state index contributed by atoms with van der Waals surface area (Å²) in [6.07, 6.45) is 0.198. The first-order valence-electron chi connectivity index (χ1n) is 8.06. The van der Waals surface area contributed by atoms with Crippen molar-refractivity contribution in [1.29, 1.82) is 0 Å². The molecule has 0 N–H and O–H groups in total. The van der Waals surface area contributed by atoms with Gasteiger partial charge in [-0.1, -0.05) is 35.9 Å². The van der Waals surface area contributed by atoms with Crippen molar-refractivity contribution in [3.05, 3.63) is 59.1 Å². The third kappa shape index (κ3) is 4.01. The molecule has 0 fully saturated rings. The molecular formula is C19H20ClNO3. The predicted molar refractivity (Wildman–Crippen MR) is 93.8 cm³/mol. The summed E-state index contributed by atoms with van der Waals surface area (Å²) in [6.45, 7) is 3.56. The Balaban J connectivity index is 1.60. The summed E-state index contributed by atoms with van der Waals surface area (Å²) in [5, 5.41) is 0.671. The molecule has 1 heterocycles. The summed E-state index contributed by atoms with van der Waals surface area (Å²) in [7, 11) is 0. The number of fused-ring (bicyclic) bond motifs is 1. The number of nitrogens with zero attached hydrogens (tertiary/aromatic N) is 1. The van der Waals surface area contributed by atoms with E-state index in [9.17, 15) is 4.79 Å². The van der Waals surface area contributed by atoms with Gasteiger partial charge in [0.15, 0.2) is 17.6 Å². The zero-order chi connectivity index (χ0) is 16.9. The SMILES string of the molecule is CCN(CC1COc2ccccc2O1)C(=O)Cc1ccc(Cl)cc1. The molecule has 1 aliphatic rings. The lowest BCUT2D eigenvalue weighted by Gasteiger charge is -2.31. The van der Waals surface area contributed by atoms with Gasteiger partial charge in [0.05, 0.1) is 13.0 Å². The highest BCUT2D eigenvalue weighted by atomic mass is 35.5. The first-order valence-corrected chi connectivity index (χ1v) is 8.44. The minimum absolute atomic E-state index is 0.0716. The van der Waals surface area contributed by atoms with Crippen molar-refractivity contribution in [3.63, 3.8) is 0 Å². The second kappa shape index (κ2) is 7.58. The van der Waals surface area contributed by atoms with E-state index < -0.39 is 0 Å². The molecule has 1 amide bonds. The fourth-order valence-electron chi connectivity index (χ4n) is 2.69. The number of likely N-dealkylation sites (N-methyl/N-ethyl adjacent to an activating group) is 1. The number of amides is 1. The monoisotopic (exact) mass is 345 g/mol. The van der Waals surface area contributed by atoms with Crippen LogP contribution in [0.1, 0.15) is 12.5 Å². The van der Waals surface area contributed by atoms with Gasteiger partial charge in [-0.3, -0.25) is 4.79 Å². The molecule has 3 rings (SSSR count). The summed E-state index contributed by atoms with van der Waals surface area (Å²) in [5.74, 6) is 1.56. The topological polar surface area (TPSA) is 38.8 Å². The first kappa shape index (κ1) is 16.7. The maximum atomic E-state index is 12.5. The van der Waals surface area contributed by atoms with E-state index in [1.54, 1.807) is 17.0 Å². The average Bonchev–Trinajstić information content (AvgIpc) is 2.61. The number of ether oxygens (including phenoxy) is 2. The van der Waals surface area contributed by atoms with Crippen LogP contribution in [0, 0.1) is 0 Å². The smallest absolute Gasteiger partial charge is 0.227 e. The molecule has 1 aliphatic heterocycles. The Morgan fingerprint density at radius 1 is 1.17 bits per heavy atom. The number of rotatable bonds is 5. The van der Waals surface area contributed by atoms with Gasteiger partial charge in [0, 0.05) is 11.6 Å². The summed E-state index contributed by atoms with van der Waals surface area (Å²) < 4.78 is 11.7. The van der Waals surface area contributed by atoms with E-state index in [0.29, 0.717) is 31.1 Å². The molecular weight excluding hydrogens is 326 g/mol. The average molecular weight is 346 g/mol. The van der Waals surface area contributed by atoms with Crippen LogP contribution in [-0.2, 0) is 11.2 Å². The van der Waals surface area contributed by atoms with Gasteiger partial charge in [-0.05, 0) is 36.8 Å². The second-order valence-electron chi connectivity index (χ2n) is 5.73. The number of halogens is 1. The van der Waals surface area contributed by atoms with Crippen molar-refractivity contribution in [2.45, 2.75) is 19.4 Å². The molecule has 1 atom stereocenters. The number of carbonyl (C=O) groups excluding carboxylic acids is 1. The number of para-hydroxylation sites is 2. The highest BCUT2D eigenvalue weighted by Gasteiger charge is 2.24. The van der Waals surface area contributed by atoms with Crippen molar-refractivity contribution in [2.75, 3.05) is 19.7 Å². The van der Waals surface area contributed by atoms with Crippen molar-refractivity contribution >= 4 is 17.5 Å². The number of hydrogen-bond acceptors (Lipinski definition) is 3. The van der Waals surface area contributed by atoms with Crippen LogP contribution in [0.2, 0.25) is 5.02 Å². The summed E-state index contributed by atoms with van der Waals surface area (Å²) in [6, 6.07) is 15.0. The Bertz CT molecular complexity index is 702. The molecule has 0 radical (unpaired) electrons. The molecule has 2 aromatic carbocycles. The molecule has 4 nitrogen and oxygen atoms in total. The second-order valence-corrected chi connectivity index (χ2v) is 6.17. The zero-order valence-corrected chi connectivity index (χ0v) is 14.3. The molecule has 0 bridgehead atoms. The molecule has 5 heteroatoms. The number of hydrogen-bond donors (Lipinski definition) is 0. The van der Waals surface area contributed by atoms with Gasteiger partial charge in [0.25, 0.3) is 0 Å². The van der Waals surface area contributed by atoms with E-state index in [1.807, 2.05) is 43.3 Å². The largest absolute Gasteiger partial charge is 0.486 e. The van der Waals surface area contributed by atoms with Crippen LogP contribution in [0.15, 0.2) is 48.5 Å². The third-order valence-electron chi connectivity index (χ3n) is 3.99. The molecule has 0 aromatic heterocycles. The molecule has 0 aliphatic carbocycles. The van der Waals surface area contributed by atoms with Gasteiger partial charge in [0.2, 0.25) is 5.91 Å². The molecule has 2 aromatic rings. The van der Waals surface area contributed by atoms with E-state index >= 15 is 0 Å². The Hall–Kier alpha value is -2.20. The fraction of sp³-hybridized carbons (Fsp3) is 0.316. The van der Waals surface area contributed by atoms with Crippen molar-refractivity contribution in [3.8, 4) is 11.5 Å². The minimum atomic E-state index is -0.158. The molecule has 0 saturated heterocycles. The van der Waals surface area contributed by atoms with E-state index in [1.165, 1.54) is 0 Å². The van der Waals surface area contributed by atoms with Crippen molar-refractivity contribution in [2.24, 2.45) is 0 Å². The molecule has 24 heavy (non-hydrogen) atoms. The van der Waals surface area contributed by atoms with Gasteiger partial charge >= 0.3 is 0 Å². The van der Waals surface area contributed by atoms with Crippen LogP contribution in [0.4, 0.5) is 0 Å². The van der Waals surface area contributed by atoms with Gasteiger partial charge in [-0.15, -0.1) is 0 Å². The van der Waals surface area contributed by atoms with Gasteiger partial charge in [-0.25, -0.2) is 0 Å². The first-order chi connectivity index (χ1) is 11.7. The fourth-order valence-corrected chi connectivity index (χ4v) is 2.82. The predicted octanol–water partition coefficient (Wildman–Crippen LogP) is 3.57. The Morgan fingerprint density at radius 3 is 2.58 bits per heavy atom. The van der Waals surface area contributed by atoms with Crippen molar-refractivity contribution < 1.29 is 14.3 Å². The summed E-state index contributed by atoms with van der Waals surface area (Å²) in [5.41, 5.74) is 0.953. The Labute approximate surface area is 146 Å². The van der Waals surface area contributed by atoms with Crippen LogP contribution in [-0.4, -0.2) is 36.6 Å². The van der Waals surface area contributed by atoms with E-state index in [0.717, 1.165) is 17.1 Å². The van der Waals surface area contributed by atoms with E-state index in [-0.39, 0.29) is 12.0 Å². The lowest BCUT2D eigenvalue weighted by atomic mass is 10.1. The van der Waals surface area contributed by atoms with Crippen molar-refractivity contribution in [1.82, 2.24) is 4.90 Å². The quantitative estimate of drug-likeness (QED) is 0.831. The zero-order valence-electron chi connectivity index (χ0n) is 13.6. The van der Waals surface area contributed by atoms with Crippen LogP contribution in [0.3, 0.4) is 0 Å². The molecule has 1 unspecified atom stereocenters. The highest BCUT2D eigenvalue weighted by Crippen LogP contribution is 2.31. The van der Waals surface area contributed by atoms with Crippen LogP contribution in [0.25, 0.3) is 0 Å². The lowest BCUT2D eigenvalue weighted by molar-refractivity contribution is -0.131. The van der Waals surface area contributed by atoms with E-state index in [2.05, 4.69) is 0 Å². The van der Waals surface area contributed by atoms with Crippen LogP contribution < -0.4 is 9.47 Å². The van der Waals surface area contributed by atoms with Crippen LogP contribution in [0.5, 0.6) is 11.5 Å². The maximum absolute atomic E-state index is 12.5. The number of benzene rings is 2. The van der Waals surface area contributed by atoms with Gasteiger partial charge < -0.3 is 14.4 Å². The third-order valence-corrected chi connectivity index (χ3v) is 4.25. The number of carbonyl (C=O) groups is 1. The summed E-state index contributed by atoms with van der Waals surface area (Å²) >= 11 is 5.88. The van der Waals surface area contributed by atoms with Gasteiger partial charge in [0.1, 0.15) is 6.61 Å². The molecule has 126 valence electrons. The minimum Gasteiger partial charge on any atom is -0.486 e. The van der Waals surface area contributed by atoms with E-state index in [4.69, 9.17) is 21.1 Å². The van der Waals surface area contributed by atoms with Gasteiger partial charge in [-0.2, -0.15) is 0 Å².